The number of hydrogen-bond donors (Lipinski definition) is 2. The molecule has 3 aromatic rings. The number of aryl methyl sites for hydroxylation is 3. The van der Waals surface area contributed by atoms with Crippen molar-refractivity contribution in [3.05, 3.63) is 77.0 Å². The van der Waals surface area contributed by atoms with Crippen LogP contribution in [0.25, 0.3) is 6.08 Å². The second-order valence-corrected chi connectivity index (χ2v) is 7.55. The monoisotopic (exact) mass is 410 g/mol. The van der Waals surface area contributed by atoms with Gasteiger partial charge >= 0.3 is 0 Å². The number of carbonyl (C=O) groups is 1. The number of hydrogen-bond acceptors (Lipinski definition) is 5. The summed E-state index contributed by atoms with van der Waals surface area (Å²) in [4.78, 5) is 11.8. The van der Waals surface area contributed by atoms with Crippen LogP contribution >= 0.6 is 0 Å². The van der Waals surface area contributed by atoms with Crippen molar-refractivity contribution in [3.8, 4) is 0 Å². The summed E-state index contributed by atoms with van der Waals surface area (Å²) in [5.41, 5.74) is 10.1. The third-order valence-corrected chi connectivity index (χ3v) is 4.92. The zero-order valence-corrected chi connectivity index (χ0v) is 17.5. The van der Waals surface area contributed by atoms with Crippen LogP contribution in [0, 0.1) is 0 Å². The highest BCUT2D eigenvalue weighted by Crippen LogP contribution is 2.18. The van der Waals surface area contributed by atoms with E-state index in [2.05, 4.69) is 24.4 Å². The van der Waals surface area contributed by atoms with Crippen LogP contribution in [0.1, 0.15) is 59.2 Å². The van der Waals surface area contributed by atoms with Crippen molar-refractivity contribution in [2.45, 2.75) is 45.4 Å². The van der Waals surface area contributed by atoms with Crippen molar-refractivity contribution < 1.29 is 18.0 Å². The summed E-state index contributed by atoms with van der Waals surface area (Å²) in [5, 5.41) is 2.70. The molecular formula is C24H30N2O4. The number of rotatable bonds is 12. The minimum Gasteiger partial charge on any atom is -0.472 e. The Kier molecular flexibility index (Phi) is 8.15. The van der Waals surface area contributed by atoms with E-state index in [0.29, 0.717) is 18.8 Å². The third kappa shape index (κ3) is 6.81. The fraction of sp³-hybridized carbons (Fsp3) is 0.375. The van der Waals surface area contributed by atoms with Gasteiger partial charge in [-0.3, -0.25) is 4.79 Å². The van der Waals surface area contributed by atoms with E-state index in [0.717, 1.165) is 49.8 Å². The summed E-state index contributed by atoms with van der Waals surface area (Å²) in [6.07, 6.45) is 15.0. The molecule has 0 atom stereocenters. The van der Waals surface area contributed by atoms with Crippen LogP contribution in [0.3, 0.4) is 0 Å². The first kappa shape index (κ1) is 21.7. The van der Waals surface area contributed by atoms with Gasteiger partial charge in [0.25, 0.3) is 5.91 Å². The van der Waals surface area contributed by atoms with Crippen molar-refractivity contribution in [2.24, 2.45) is 5.73 Å². The van der Waals surface area contributed by atoms with Gasteiger partial charge in [-0.2, -0.15) is 0 Å². The van der Waals surface area contributed by atoms with Crippen LogP contribution in [-0.4, -0.2) is 19.0 Å². The van der Waals surface area contributed by atoms with Gasteiger partial charge in [-0.25, -0.2) is 0 Å². The van der Waals surface area contributed by atoms with Crippen molar-refractivity contribution in [3.63, 3.8) is 0 Å². The Bertz CT molecular complexity index is 934. The standard InChI is InChI=1S/C24H30N2O4/c1-18(4-2-6-21-14-23(30-17-21)24(27)26-10-9-25)12-22-13-20(16-29-22)7-3-5-19-8-11-28-15-19/h8,11-17H,2-7,9-10,25H2,1H3,(H,26,27). The molecule has 3 aromatic heterocycles. The molecule has 30 heavy (non-hydrogen) atoms. The molecule has 1 amide bonds. The number of allylic oxidation sites excluding steroid dienone is 1. The van der Waals surface area contributed by atoms with Gasteiger partial charge in [-0.15, -0.1) is 0 Å². The molecule has 160 valence electrons. The van der Waals surface area contributed by atoms with E-state index < -0.39 is 0 Å². The first-order chi connectivity index (χ1) is 14.6. The summed E-state index contributed by atoms with van der Waals surface area (Å²) in [7, 11) is 0. The summed E-state index contributed by atoms with van der Waals surface area (Å²) in [6, 6.07) is 5.92. The molecule has 0 aromatic carbocycles. The minimum atomic E-state index is -0.221. The lowest BCUT2D eigenvalue weighted by molar-refractivity contribution is 0.0927. The van der Waals surface area contributed by atoms with E-state index >= 15 is 0 Å². The van der Waals surface area contributed by atoms with Crippen LogP contribution in [0.5, 0.6) is 0 Å². The predicted molar refractivity (Wildman–Crippen MR) is 116 cm³/mol. The number of carbonyl (C=O) groups excluding carboxylic acids is 1. The Balaban J connectivity index is 1.39. The SMILES string of the molecule is CC(=Cc1cc(CCCc2ccoc2)co1)CCCc1coc(C(=O)NCCN)c1. The zero-order chi connectivity index (χ0) is 21.2. The van der Waals surface area contributed by atoms with Gasteiger partial charge in [-0.1, -0.05) is 5.57 Å². The molecule has 3 rings (SSSR count). The summed E-state index contributed by atoms with van der Waals surface area (Å²) >= 11 is 0. The predicted octanol–water partition coefficient (Wildman–Crippen LogP) is 4.76. The van der Waals surface area contributed by atoms with Crippen LogP contribution in [0.4, 0.5) is 0 Å². The average molecular weight is 411 g/mol. The Hall–Kier alpha value is -2.99. The lowest BCUT2D eigenvalue weighted by Gasteiger charge is -2.00. The fourth-order valence-electron chi connectivity index (χ4n) is 3.32. The van der Waals surface area contributed by atoms with E-state index in [9.17, 15) is 4.79 Å². The highest BCUT2D eigenvalue weighted by molar-refractivity contribution is 5.91. The maximum atomic E-state index is 11.8. The highest BCUT2D eigenvalue weighted by atomic mass is 16.3. The number of amides is 1. The summed E-state index contributed by atoms with van der Waals surface area (Å²) in [6.45, 7) is 2.97. The fourth-order valence-corrected chi connectivity index (χ4v) is 3.32. The topological polar surface area (TPSA) is 94.5 Å². The maximum Gasteiger partial charge on any atom is 0.287 e. The molecule has 0 spiro atoms. The third-order valence-electron chi connectivity index (χ3n) is 4.92. The molecule has 0 saturated heterocycles. The van der Waals surface area contributed by atoms with E-state index in [-0.39, 0.29) is 5.91 Å². The Morgan fingerprint density at radius 3 is 2.60 bits per heavy atom. The van der Waals surface area contributed by atoms with Gasteiger partial charge < -0.3 is 24.3 Å². The van der Waals surface area contributed by atoms with Crippen molar-refractivity contribution in [2.75, 3.05) is 13.1 Å². The van der Waals surface area contributed by atoms with Gasteiger partial charge in [0, 0.05) is 13.1 Å². The zero-order valence-electron chi connectivity index (χ0n) is 17.5. The van der Waals surface area contributed by atoms with E-state index in [1.807, 2.05) is 12.3 Å². The molecule has 0 aliphatic rings. The quantitative estimate of drug-likeness (QED) is 0.449. The van der Waals surface area contributed by atoms with Crippen LogP contribution < -0.4 is 11.1 Å². The van der Waals surface area contributed by atoms with E-state index in [1.54, 1.807) is 24.9 Å². The second-order valence-electron chi connectivity index (χ2n) is 7.55. The second kappa shape index (κ2) is 11.3. The number of furan rings is 3. The molecule has 0 aliphatic heterocycles. The molecule has 3 heterocycles. The Labute approximate surface area is 177 Å². The van der Waals surface area contributed by atoms with Crippen molar-refractivity contribution >= 4 is 12.0 Å². The number of nitrogens with two attached hydrogens (primary N) is 1. The smallest absolute Gasteiger partial charge is 0.287 e. The van der Waals surface area contributed by atoms with Gasteiger partial charge in [0.2, 0.25) is 0 Å². The van der Waals surface area contributed by atoms with Crippen LogP contribution in [0.15, 0.2) is 62.1 Å². The van der Waals surface area contributed by atoms with Crippen LogP contribution in [0.2, 0.25) is 0 Å². The van der Waals surface area contributed by atoms with Gasteiger partial charge in [0.1, 0.15) is 5.76 Å². The molecule has 6 nitrogen and oxygen atoms in total. The first-order valence-corrected chi connectivity index (χ1v) is 10.5. The van der Waals surface area contributed by atoms with Crippen molar-refractivity contribution in [1.82, 2.24) is 5.32 Å². The molecule has 0 aliphatic carbocycles. The van der Waals surface area contributed by atoms with Gasteiger partial charge in [0.15, 0.2) is 5.76 Å². The number of nitrogens with one attached hydrogen (secondary N) is 1. The molecule has 0 bridgehead atoms. The lowest BCUT2D eigenvalue weighted by atomic mass is 10.1. The van der Waals surface area contributed by atoms with Crippen molar-refractivity contribution in [1.29, 1.82) is 0 Å². The molecule has 0 unspecified atom stereocenters. The van der Waals surface area contributed by atoms with E-state index in [4.69, 9.17) is 19.0 Å². The van der Waals surface area contributed by atoms with Gasteiger partial charge in [0.05, 0.1) is 25.1 Å². The molecule has 0 fully saturated rings. The Morgan fingerprint density at radius 1 is 1.03 bits per heavy atom. The summed E-state index contributed by atoms with van der Waals surface area (Å²) in [5.74, 6) is 1.01. The lowest BCUT2D eigenvalue weighted by Crippen LogP contribution is -2.28. The molecule has 3 N–H and O–H groups in total. The maximum absolute atomic E-state index is 11.8. The summed E-state index contributed by atoms with van der Waals surface area (Å²) < 4.78 is 16.1. The average Bonchev–Trinajstić information content (AvgIpc) is 3.49. The molecular weight excluding hydrogens is 380 g/mol. The highest BCUT2D eigenvalue weighted by Gasteiger charge is 2.10. The first-order valence-electron chi connectivity index (χ1n) is 10.5. The molecule has 0 saturated carbocycles. The largest absolute Gasteiger partial charge is 0.472 e. The van der Waals surface area contributed by atoms with Gasteiger partial charge in [-0.05, 0) is 86.4 Å². The molecule has 6 heteroatoms. The minimum absolute atomic E-state index is 0.221. The van der Waals surface area contributed by atoms with Crippen LogP contribution in [-0.2, 0) is 19.3 Å². The Morgan fingerprint density at radius 2 is 1.80 bits per heavy atom. The molecule has 0 radical (unpaired) electrons. The van der Waals surface area contributed by atoms with E-state index in [1.165, 1.54) is 16.7 Å². The normalized spacial score (nSPS) is 11.7.